The highest BCUT2D eigenvalue weighted by molar-refractivity contribution is 8.10. The van der Waals surface area contributed by atoms with Crippen LogP contribution in [0.2, 0.25) is 0 Å². The second kappa shape index (κ2) is 6.80. The summed E-state index contributed by atoms with van der Waals surface area (Å²) in [7, 11) is -4.17. The fourth-order valence-electron chi connectivity index (χ4n) is 0.123. The highest BCUT2D eigenvalue weighted by Crippen LogP contribution is 1.83. The fraction of sp³-hybridized carbons (Fsp3) is 0.667. The summed E-state index contributed by atoms with van der Waals surface area (Å²) in [6.07, 6.45) is 0. The van der Waals surface area contributed by atoms with Crippen molar-refractivity contribution in [3.63, 3.8) is 0 Å². The lowest BCUT2D eigenvalue weighted by atomic mass is 10.9. The van der Waals surface area contributed by atoms with E-state index in [1.165, 1.54) is 0 Å². The van der Waals surface area contributed by atoms with Gasteiger partial charge in [0.2, 0.25) is 4.38 Å². The average Bonchev–Trinajstić information content (AvgIpc) is 1.58. The first-order valence-corrected chi connectivity index (χ1v) is 4.74. The van der Waals surface area contributed by atoms with Crippen LogP contribution in [-0.4, -0.2) is 24.0 Å². The molecule has 0 bridgehead atoms. The SMILES string of the molecule is CCOC(=S)S.NS(=O)(=O)O. The van der Waals surface area contributed by atoms with Crippen molar-refractivity contribution in [1.29, 1.82) is 0 Å². The lowest BCUT2D eigenvalue weighted by Gasteiger charge is -1.92. The molecule has 0 saturated carbocycles. The Kier molecular flexibility index (Phi) is 8.46. The van der Waals surface area contributed by atoms with Crippen molar-refractivity contribution in [3.8, 4) is 0 Å². The molecule has 0 fully saturated rings. The molecule has 0 aromatic heterocycles. The highest BCUT2D eigenvalue weighted by Gasteiger charge is 1.81. The van der Waals surface area contributed by atoms with E-state index >= 15 is 0 Å². The van der Waals surface area contributed by atoms with Crippen LogP contribution in [-0.2, 0) is 15.0 Å². The molecule has 0 rings (SSSR count). The van der Waals surface area contributed by atoms with Gasteiger partial charge in [-0.25, -0.2) is 5.14 Å². The highest BCUT2D eigenvalue weighted by atomic mass is 32.2. The van der Waals surface area contributed by atoms with Gasteiger partial charge in [0.15, 0.2) is 0 Å². The topological polar surface area (TPSA) is 89.6 Å². The van der Waals surface area contributed by atoms with Crippen LogP contribution in [0.3, 0.4) is 0 Å². The first-order chi connectivity index (χ1) is 4.77. The zero-order chi connectivity index (χ0) is 9.49. The van der Waals surface area contributed by atoms with Gasteiger partial charge in [-0.1, -0.05) is 12.6 Å². The van der Waals surface area contributed by atoms with Crippen LogP contribution in [0, 0.1) is 0 Å². The van der Waals surface area contributed by atoms with Gasteiger partial charge in [-0.05, 0) is 19.1 Å². The van der Waals surface area contributed by atoms with Gasteiger partial charge in [0.05, 0.1) is 6.61 Å². The smallest absolute Gasteiger partial charge is 0.330 e. The van der Waals surface area contributed by atoms with E-state index in [-0.39, 0.29) is 0 Å². The molecule has 0 radical (unpaired) electrons. The average molecular weight is 219 g/mol. The lowest BCUT2D eigenvalue weighted by molar-refractivity contribution is 0.346. The molecule has 0 amide bonds. The summed E-state index contributed by atoms with van der Waals surface area (Å²) in [4.78, 5) is 0. The zero-order valence-electron chi connectivity index (χ0n) is 5.72. The van der Waals surface area contributed by atoms with Gasteiger partial charge in [0.25, 0.3) is 0 Å². The molecular formula is C3H9NO4S3. The van der Waals surface area contributed by atoms with Crippen molar-refractivity contribution in [2.24, 2.45) is 5.14 Å². The van der Waals surface area contributed by atoms with Gasteiger partial charge in [-0.15, -0.1) is 0 Å². The maximum atomic E-state index is 8.97. The van der Waals surface area contributed by atoms with Crippen LogP contribution >= 0.6 is 24.8 Å². The summed E-state index contributed by atoms with van der Waals surface area (Å²) in [5.41, 5.74) is 0. The molecule has 3 N–H and O–H groups in total. The molecule has 0 heterocycles. The molecule has 8 heteroatoms. The van der Waals surface area contributed by atoms with Crippen LogP contribution < -0.4 is 5.14 Å². The van der Waals surface area contributed by atoms with Crippen LogP contribution in [0.5, 0.6) is 0 Å². The molecule has 0 spiro atoms. The molecule has 0 atom stereocenters. The summed E-state index contributed by atoms with van der Waals surface area (Å²) in [5.74, 6) is 0. The van der Waals surface area contributed by atoms with E-state index in [1.807, 2.05) is 6.92 Å². The third-order valence-corrected chi connectivity index (χ3v) is 0.515. The summed E-state index contributed by atoms with van der Waals surface area (Å²) in [6.45, 7) is 2.48. The van der Waals surface area contributed by atoms with Crippen molar-refractivity contribution >= 4 is 39.5 Å². The Balaban J connectivity index is 0. The Labute approximate surface area is 76.2 Å². The van der Waals surface area contributed by atoms with Gasteiger partial charge >= 0.3 is 10.3 Å². The molecule has 68 valence electrons. The molecule has 0 aliphatic heterocycles. The van der Waals surface area contributed by atoms with Crippen LogP contribution in [0.15, 0.2) is 0 Å². The second-order valence-corrected chi connectivity index (χ2v) is 3.32. The maximum absolute atomic E-state index is 8.97. The molecule has 0 aliphatic carbocycles. The van der Waals surface area contributed by atoms with Crippen LogP contribution in [0.4, 0.5) is 0 Å². The third-order valence-electron chi connectivity index (χ3n) is 0.268. The van der Waals surface area contributed by atoms with Crippen LogP contribution in [0.25, 0.3) is 0 Å². The number of nitrogens with two attached hydrogens (primary N) is 1. The van der Waals surface area contributed by atoms with Crippen molar-refractivity contribution in [2.75, 3.05) is 6.61 Å². The first-order valence-electron chi connectivity index (χ1n) is 2.38. The molecule has 0 aromatic rings. The normalized spacial score (nSPS) is 9.45. The van der Waals surface area contributed by atoms with Gasteiger partial charge in [0, 0.05) is 0 Å². The first kappa shape index (κ1) is 13.7. The molecule has 0 unspecified atom stereocenters. The van der Waals surface area contributed by atoms with Crippen molar-refractivity contribution in [1.82, 2.24) is 0 Å². The van der Waals surface area contributed by atoms with Gasteiger partial charge < -0.3 is 4.74 Å². The van der Waals surface area contributed by atoms with E-state index in [0.29, 0.717) is 11.0 Å². The van der Waals surface area contributed by atoms with E-state index in [4.69, 9.17) is 13.0 Å². The summed E-state index contributed by atoms with van der Waals surface area (Å²) >= 11 is 8.12. The third kappa shape index (κ3) is 68.7. The molecule has 5 nitrogen and oxygen atoms in total. The quantitative estimate of drug-likeness (QED) is 0.328. The Bertz CT molecular complexity index is 191. The van der Waals surface area contributed by atoms with E-state index in [2.05, 4.69) is 34.7 Å². The Morgan fingerprint density at radius 3 is 2.09 bits per heavy atom. The standard InChI is InChI=1S/C3H6OS2.H3NO3S/c1-2-4-3(5)6;1-5(2,3)4/h2H2,1H3,(H,5,6);(H3,1,2,3,4). The van der Waals surface area contributed by atoms with E-state index in [9.17, 15) is 0 Å². The van der Waals surface area contributed by atoms with E-state index in [1.54, 1.807) is 0 Å². The van der Waals surface area contributed by atoms with Crippen molar-refractivity contribution < 1.29 is 17.7 Å². The second-order valence-electron chi connectivity index (χ2n) is 1.21. The monoisotopic (exact) mass is 219 g/mol. The fourth-order valence-corrected chi connectivity index (χ4v) is 0.370. The molecular weight excluding hydrogens is 210 g/mol. The molecule has 0 aromatic carbocycles. The number of thiol groups is 1. The molecule has 0 aliphatic rings. The van der Waals surface area contributed by atoms with Gasteiger partial charge in [-0.2, -0.15) is 8.42 Å². The van der Waals surface area contributed by atoms with Crippen LogP contribution in [0.1, 0.15) is 6.92 Å². The zero-order valence-corrected chi connectivity index (χ0v) is 8.25. The maximum Gasteiger partial charge on any atom is 0.330 e. The minimum Gasteiger partial charge on any atom is -0.479 e. The molecule has 0 saturated heterocycles. The Morgan fingerprint density at radius 1 is 1.82 bits per heavy atom. The van der Waals surface area contributed by atoms with Crippen molar-refractivity contribution in [2.45, 2.75) is 6.92 Å². The van der Waals surface area contributed by atoms with Gasteiger partial charge in [0.1, 0.15) is 0 Å². The van der Waals surface area contributed by atoms with E-state index < -0.39 is 10.3 Å². The number of thiocarbonyl (C=S) groups is 1. The Hall–Kier alpha value is 0.110. The minimum absolute atomic E-state index is 0.317. The largest absolute Gasteiger partial charge is 0.479 e. The number of hydrogen-bond donors (Lipinski definition) is 3. The number of hydrogen-bond acceptors (Lipinski definition) is 4. The number of rotatable bonds is 1. The summed E-state index contributed by atoms with van der Waals surface area (Å²) in [6, 6.07) is 0. The predicted octanol–water partition coefficient (Wildman–Crippen LogP) is -0.0145. The summed E-state index contributed by atoms with van der Waals surface area (Å²) < 4.78 is 30.2. The summed E-state index contributed by atoms with van der Waals surface area (Å²) in [5, 5.41) is 3.88. The van der Waals surface area contributed by atoms with Crippen molar-refractivity contribution in [3.05, 3.63) is 0 Å². The van der Waals surface area contributed by atoms with E-state index in [0.717, 1.165) is 0 Å². The predicted molar refractivity (Wildman–Crippen MR) is 48.9 cm³/mol. The number of ether oxygens (including phenoxy) is 1. The minimum atomic E-state index is -4.17. The van der Waals surface area contributed by atoms with Gasteiger partial charge in [-0.3, -0.25) is 4.55 Å². The Morgan fingerprint density at radius 2 is 2.09 bits per heavy atom. The lowest BCUT2D eigenvalue weighted by Crippen LogP contribution is -2.08. The molecule has 11 heavy (non-hydrogen) atoms.